The second-order valence-corrected chi connectivity index (χ2v) is 7.27. The summed E-state index contributed by atoms with van der Waals surface area (Å²) in [4.78, 5) is 39.3. The van der Waals surface area contributed by atoms with E-state index in [9.17, 15) is 19.7 Å². The molecule has 1 fully saturated rings. The van der Waals surface area contributed by atoms with Crippen molar-refractivity contribution < 1.29 is 19.2 Å². The lowest BCUT2D eigenvalue weighted by Crippen LogP contribution is -2.51. The number of hydrogen-bond donors (Lipinski definition) is 0. The Morgan fingerprint density at radius 1 is 1.07 bits per heavy atom. The van der Waals surface area contributed by atoms with E-state index in [4.69, 9.17) is 16.3 Å². The molecule has 1 aliphatic heterocycles. The normalized spacial score (nSPS) is 15.5. The van der Waals surface area contributed by atoms with E-state index in [2.05, 4.69) is 0 Å². The first kappa shape index (κ1) is 21.7. The van der Waals surface area contributed by atoms with Gasteiger partial charge in [0.2, 0.25) is 0 Å². The summed E-state index contributed by atoms with van der Waals surface area (Å²) in [5.41, 5.74) is 1.12. The maximum Gasteiger partial charge on any atom is 0.328 e. The quantitative estimate of drug-likeness (QED) is 0.395. The number of nitrogens with zero attached hydrogens (tertiary/aromatic N) is 3. The van der Waals surface area contributed by atoms with Crippen LogP contribution in [0.3, 0.4) is 0 Å². The lowest BCUT2D eigenvalue weighted by atomic mass is 10.0. The zero-order chi connectivity index (χ0) is 21.7. The molecule has 1 atom stereocenters. The first-order chi connectivity index (χ1) is 14.4. The Labute approximate surface area is 179 Å². The van der Waals surface area contributed by atoms with Crippen molar-refractivity contribution in [3.05, 3.63) is 74.8 Å². The molecule has 2 aromatic rings. The highest BCUT2D eigenvalue weighted by Gasteiger charge is 2.33. The van der Waals surface area contributed by atoms with Gasteiger partial charge >= 0.3 is 5.97 Å². The molecule has 1 unspecified atom stereocenters. The van der Waals surface area contributed by atoms with Gasteiger partial charge in [-0.1, -0.05) is 23.7 Å². The Hall–Kier alpha value is -2.97. The van der Waals surface area contributed by atoms with Crippen molar-refractivity contribution in [1.29, 1.82) is 0 Å². The molecule has 9 heteroatoms. The minimum absolute atomic E-state index is 0.0587. The van der Waals surface area contributed by atoms with Crippen LogP contribution in [0.4, 0.5) is 5.69 Å². The lowest BCUT2D eigenvalue weighted by Gasteiger charge is -2.38. The SMILES string of the molecule is CCOC(=O)C(c1ccc(Cl)cc1)N1CCN(C(=O)c2ccc([N+](=O)[O-])cc2)CC1. The molecule has 0 N–H and O–H groups in total. The highest BCUT2D eigenvalue weighted by atomic mass is 35.5. The molecule has 0 saturated carbocycles. The topological polar surface area (TPSA) is 93.0 Å². The summed E-state index contributed by atoms with van der Waals surface area (Å²) < 4.78 is 5.27. The minimum atomic E-state index is -0.571. The van der Waals surface area contributed by atoms with Crippen LogP contribution in [0.15, 0.2) is 48.5 Å². The number of esters is 1. The summed E-state index contributed by atoms with van der Waals surface area (Å²) in [5.74, 6) is -0.529. The lowest BCUT2D eigenvalue weighted by molar-refractivity contribution is -0.384. The van der Waals surface area contributed by atoms with Gasteiger partial charge in [0.05, 0.1) is 11.5 Å². The van der Waals surface area contributed by atoms with Crippen molar-refractivity contribution in [1.82, 2.24) is 9.80 Å². The summed E-state index contributed by atoms with van der Waals surface area (Å²) in [5, 5.41) is 11.4. The van der Waals surface area contributed by atoms with Gasteiger partial charge in [-0.2, -0.15) is 0 Å². The third-order valence-electron chi connectivity index (χ3n) is 4.99. The maximum absolute atomic E-state index is 12.7. The van der Waals surface area contributed by atoms with Gasteiger partial charge in [0.15, 0.2) is 0 Å². The molecule has 30 heavy (non-hydrogen) atoms. The minimum Gasteiger partial charge on any atom is -0.465 e. The molecule has 1 saturated heterocycles. The molecular formula is C21H22ClN3O5. The zero-order valence-corrected chi connectivity index (χ0v) is 17.2. The van der Waals surface area contributed by atoms with Gasteiger partial charge in [-0.15, -0.1) is 0 Å². The molecule has 1 aliphatic rings. The van der Waals surface area contributed by atoms with Crippen molar-refractivity contribution in [2.45, 2.75) is 13.0 Å². The third-order valence-corrected chi connectivity index (χ3v) is 5.24. The van der Waals surface area contributed by atoms with Crippen LogP contribution in [0, 0.1) is 10.1 Å². The van der Waals surface area contributed by atoms with Gasteiger partial charge < -0.3 is 9.64 Å². The average Bonchev–Trinajstić information content (AvgIpc) is 2.75. The largest absolute Gasteiger partial charge is 0.465 e. The molecule has 0 radical (unpaired) electrons. The van der Waals surface area contributed by atoms with Crippen LogP contribution >= 0.6 is 11.6 Å². The smallest absolute Gasteiger partial charge is 0.328 e. The second-order valence-electron chi connectivity index (χ2n) is 6.84. The van der Waals surface area contributed by atoms with E-state index in [1.54, 1.807) is 36.1 Å². The van der Waals surface area contributed by atoms with Gasteiger partial charge in [-0.3, -0.25) is 19.8 Å². The fourth-order valence-corrected chi connectivity index (χ4v) is 3.58. The Balaban J connectivity index is 1.69. The number of nitro benzene ring substituents is 1. The number of amides is 1. The van der Waals surface area contributed by atoms with Crippen molar-refractivity contribution in [2.75, 3.05) is 32.8 Å². The van der Waals surface area contributed by atoms with Crippen LogP contribution in [0.5, 0.6) is 0 Å². The first-order valence-corrected chi connectivity index (χ1v) is 9.98. The van der Waals surface area contributed by atoms with Crippen LogP contribution in [-0.4, -0.2) is 59.4 Å². The summed E-state index contributed by atoms with van der Waals surface area (Å²) in [6, 6.07) is 12.1. The number of carbonyl (C=O) groups is 2. The molecule has 8 nitrogen and oxygen atoms in total. The Morgan fingerprint density at radius 2 is 1.67 bits per heavy atom. The van der Waals surface area contributed by atoms with Gasteiger partial charge in [0.1, 0.15) is 6.04 Å². The molecule has 1 amide bonds. The summed E-state index contributed by atoms with van der Waals surface area (Å²) in [6.45, 7) is 3.88. The number of carbonyl (C=O) groups excluding carboxylic acids is 2. The van der Waals surface area contributed by atoms with Gasteiger partial charge in [0.25, 0.3) is 11.6 Å². The average molecular weight is 432 g/mol. The second kappa shape index (κ2) is 9.69. The maximum atomic E-state index is 12.7. The molecule has 0 aromatic heterocycles. The van der Waals surface area contributed by atoms with E-state index in [0.717, 1.165) is 5.56 Å². The van der Waals surface area contributed by atoms with Crippen molar-refractivity contribution in [3.63, 3.8) is 0 Å². The number of halogens is 1. The zero-order valence-electron chi connectivity index (χ0n) is 16.5. The highest BCUT2D eigenvalue weighted by molar-refractivity contribution is 6.30. The van der Waals surface area contributed by atoms with Crippen LogP contribution < -0.4 is 0 Å². The number of ether oxygens (including phenoxy) is 1. The van der Waals surface area contributed by atoms with Gasteiger partial charge in [-0.25, -0.2) is 4.79 Å². The molecule has 1 heterocycles. The van der Waals surface area contributed by atoms with E-state index < -0.39 is 11.0 Å². The van der Waals surface area contributed by atoms with Crippen LogP contribution in [0.2, 0.25) is 5.02 Å². The van der Waals surface area contributed by atoms with Crippen LogP contribution in [0.25, 0.3) is 0 Å². The van der Waals surface area contributed by atoms with E-state index in [1.807, 2.05) is 4.90 Å². The van der Waals surface area contributed by atoms with E-state index in [1.165, 1.54) is 24.3 Å². The molecule has 2 aromatic carbocycles. The Bertz CT molecular complexity index is 909. The third kappa shape index (κ3) is 4.95. The number of benzene rings is 2. The first-order valence-electron chi connectivity index (χ1n) is 9.60. The van der Waals surface area contributed by atoms with Crippen LogP contribution in [0.1, 0.15) is 28.9 Å². The standard InChI is InChI=1S/C21H22ClN3O5/c1-2-30-21(27)19(15-3-7-17(22)8-4-15)23-11-13-24(14-12-23)20(26)16-5-9-18(10-6-16)25(28)29/h3-10,19H,2,11-14H2,1H3. The summed E-state index contributed by atoms with van der Waals surface area (Å²) in [6.07, 6.45) is 0. The summed E-state index contributed by atoms with van der Waals surface area (Å²) in [7, 11) is 0. The monoisotopic (exact) mass is 431 g/mol. The number of non-ortho nitro benzene ring substituents is 1. The Kier molecular flexibility index (Phi) is 7.02. The predicted molar refractivity (Wildman–Crippen MR) is 111 cm³/mol. The predicted octanol–water partition coefficient (Wildman–Crippen LogP) is 3.31. The summed E-state index contributed by atoms with van der Waals surface area (Å²) >= 11 is 5.97. The van der Waals surface area contributed by atoms with Crippen molar-refractivity contribution >= 4 is 29.2 Å². The molecule has 0 bridgehead atoms. The Morgan fingerprint density at radius 3 is 2.20 bits per heavy atom. The van der Waals surface area contributed by atoms with Crippen molar-refractivity contribution in [3.8, 4) is 0 Å². The van der Waals surface area contributed by atoms with Crippen LogP contribution in [-0.2, 0) is 9.53 Å². The fraction of sp³-hybridized carbons (Fsp3) is 0.333. The van der Waals surface area contributed by atoms with E-state index in [0.29, 0.717) is 36.8 Å². The fourth-order valence-electron chi connectivity index (χ4n) is 3.45. The van der Waals surface area contributed by atoms with Gasteiger partial charge in [0, 0.05) is 48.9 Å². The number of piperazine rings is 1. The number of rotatable bonds is 6. The highest BCUT2D eigenvalue weighted by Crippen LogP contribution is 2.26. The van der Waals surface area contributed by atoms with Gasteiger partial charge in [-0.05, 0) is 36.8 Å². The molecule has 0 spiro atoms. The van der Waals surface area contributed by atoms with E-state index in [-0.39, 0.29) is 24.2 Å². The number of hydrogen-bond acceptors (Lipinski definition) is 6. The van der Waals surface area contributed by atoms with Crippen molar-refractivity contribution in [2.24, 2.45) is 0 Å². The molecule has 158 valence electrons. The molecule has 3 rings (SSSR count). The molecule has 0 aliphatic carbocycles. The molecular weight excluding hydrogens is 410 g/mol. The van der Waals surface area contributed by atoms with E-state index >= 15 is 0 Å². The number of nitro groups is 1.